The summed E-state index contributed by atoms with van der Waals surface area (Å²) < 4.78 is 0. The minimum absolute atomic E-state index is 0.241. The SMILES string of the molecule is C[C@H]1NC(=O)[C@H]2CCCN2C(=O)[C@@H](C)NC(=O)[C@H]([C@@H](C)O)NC(=O)[C@@H](CC(=O)O)NC(=O)CNC1=O. The van der Waals surface area contributed by atoms with Crippen molar-refractivity contribution in [3.05, 3.63) is 0 Å². The van der Waals surface area contributed by atoms with E-state index in [-0.39, 0.29) is 6.54 Å². The number of carbonyl (C=O) groups excluding carboxylic acids is 6. The van der Waals surface area contributed by atoms with E-state index in [1.54, 1.807) is 0 Å². The highest BCUT2D eigenvalue weighted by Crippen LogP contribution is 2.19. The van der Waals surface area contributed by atoms with Gasteiger partial charge in [0.15, 0.2) is 0 Å². The molecule has 0 unspecified atom stereocenters. The number of carboxylic acid groups (broad SMARTS) is 1. The maximum Gasteiger partial charge on any atom is 0.305 e. The van der Waals surface area contributed by atoms with E-state index in [2.05, 4.69) is 26.6 Å². The maximum atomic E-state index is 13.0. The third kappa shape index (κ3) is 7.37. The Balaban J connectivity index is 2.35. The van der Waals surface area contributed by atoms with Gasteiger partial charge in [0.2, 0.25) is 35.4 Å². The lowest BCUT2D eigenvalue weighted by atomic mass is 10.1. The molecule has 15 nitrogen and oxygen atoms in total. The monoisotopic (exact) mass is 512 g/mol. The minimum atomic E-state index is -1.64. The van der Waals surface area contributed by atoms with Gasteiger partial charge in [0.1, 0.15) is 30.2 Å². The summed E-state index contributed by atoms with van der Waals surface area (Å²) in [6.45, 7) is 3.56. The fraction of sp³-hybridized carbons (Fsp3) is 0.667. The molecule has 2 saturated heterocycles. The molecule has 0 aromatic rings. The van der Waals surface area contributed by atoms with Crippen LogP contribution in [0.4, 0.5) is 0 Å². The second kappa shape index (κ2) is 12.3. The highest BCUT2D eigenvalue weighted by Gasteiger charge is 2.38. The number of aliphatic hydroxyl groups excluding tert-OH is 1. The van der Waals surface area contributed by atoms with Crippen LogP contribution in [0.15, 0.2) is 0 Å². The summed E-state index contributed by atoms with van der Waals surface area (Å²) in [5, 5.41) is 30.7. The number of hydrogen-bond acceptors (Lipinski definition) is 8. The second-order valence-electron chi connectivity index (χ2n) is 8.81. The van der Waals surface area contributed by atoms with Crippen molar-refractivity contribution in [2.24, 2.45) is 0 Å². The summed E-state index contributed by atoms with van der Waals surface area (Å²) >= 11 is 0. The lowest BCUT2D eigenvalue weighted by Gasteiger charge is -2.30. The second-order valence-corrected chi connectivity index (χ2v) is 8.81. The van der Waals surface area contributed by atoms with E-state index in [1.807, 2.05) is 0 Å². The van der Waals surface area contributed by atoms with E-state index in [4.69, 9.17) is 5.11 Å². The lowest BCUT2D eigenvalue weighted by molar-refractivity contribution is -0.143. The zero-order valence-electron chi connectivity index (χ0n) is 20.2. The summed E-state index contributed by atoms with van der Waals surface area (Å²) in [4.78, 5) is 88.4. The van der Waals surface area contributed by atoms with E-state index in [0.717, 1.165) is 0 Å². The van der Waals surface area contributed by atoms with Gasteiger partial charge in [0.05, 0.1) is 19.1 Å². The molecular weight excluding hydrogens is 480 g/mol. The topological polar surface area (TPSA) is 223 Å². The first-order valence-corrected chi connectivity index (χ1v) is 11.5. The first-order chi connectivity index (χ1) is 16.8. The fourth-order valence-corrected chi connectivity index (χ4v) is 3.90. The normalized spacial score (nSPS) is 30.0. The molecule has 0 spiro atoms. The molecule has 6 amide bonds. The number of aliphatic carboxylic acids is 1. The standard InChI is InChI=1S/C21H32N6O9/c1-9-17(32)22-8-14(29)25-12(7-15(30)31)18(33)26-16(11(3)28)20(35)24-10(2)21(36)27-6-4-5-13(27)19(34)23-9/h9-13,16,28H,4-8H2,1-3H3,(H,22,32)(H,23,34)(H,24,35)(H,25,29)(H,26,33)(H,30,31)/t9-,10-,11-,12-,13-,16+/m1/s1. The van der Waals surface area contributed by atoms with Crippen LogP contribution in [0.3, 0.4) is 0 Å². The summed E-state index contributed by atoms with van der Waals surface area (Å²) in [7, 11) is 0. The number of hydrogen-bond donors (Lipinski definition) is 7. The zero-order chi connectivity index (χ0) is 27.2. The fourth-order valence-electron chi connectivity index (χ4n) is 3.90. The zero-order valence-corrected chi connectivity index (χ0v) is 20.2. The molecule has 0 aromatic heterocycles. The largest absolute Gasteiger partial charge is 0.481 e. The van der Waals surface area contributed by atoms with E-state index >= 15 is 0 Å². The van der Waals surface area contributed by atoms with E-state index < -0.39 is 90.7 Å². The Morgan fingerprint density at radius 3 is 2.19 bits per heavy atom. The average molecular weight is 513 g/mol. The van der Waals surface area contributed by atoms with E-state index in [0.29, 0.717) is 12.8 Å². The summed E-state index contributed by atoms with van der Waals surface area (Å²) in [6.07, 6.45) is -1.44. The van der Waals surface area contributed by atoms with Crippen molar-refractivity contribution in [1.29, 1.82) is 0 Å². The molecule has 0 aromatic carbocycles. The van der Waals surface area contributed by atoms with Crippen LogP contribution in [0.2, 0.25) is 0 Å². The number of amides is 6. The number of nitrogens with zero attached hydrogens (tertiary/aromatic N) is 1. The minimum Gasteiger partial charge on any atom is -0.481 e. The maximum absolute atomic E-state index is 13.0. The smallest absolute Gasteiger partial charge is 0.305 e. The number of aliphatic hydroxyl groups is 1. The summed E-state index contributed by atoms with van der Waals surface area (Å²) in [5.74, 6) is -6.21. The van der Waals surface area contributed by atoms with Crippen molar-refractivity contribution in [2.45, 2.75) is 76.3 Å². The molecule has 7 N–H and O–H groups in total. The Morgan fingerprint density at radius 2 is 1.58 bits per heavy atom. The van der Waals surface area contributed by atoms with Crippen LogP contribution in [0, 0.1) is 0 Å². The van der Waals surface area contributed by atoms with Crippen LogP contribution in [-0.4, -0.2) is 106 Å². The number of nitrogens with one attached hydrogen (secondary N) is 5. The number of carboxylic acids is 1. The molecule has 2 heterocycles. The van der Waals surface area contributed by atoms with Gasteiger partial charge in [-0.2, -0.15) is 0 Å². The molecule has 0 saturated carbocycles. The molecule has 2 aliphatic heterocycles. The van der Waals surface area contributed by atoms with Crippen molar-refractivity contribution in [3.8, 4) is 0 Å². The van der Waals surface area contributed by atoms with E-state index in [1.165, 1.54) is 25.7 Å². The predicted molar refractivity (Wildman–Crippen MR) is 121 cm³/mol. The molecule has 200 valence electrons. The molecule has 0 bridgehead atoms. The van der Waals surface area contributed by atoms with Crippen LogP contribution < -0.4 is 26.6 Å². The van der Waals surface area contributed by atoms with Crippen LogP contribution >= 0.6 is 0 Å². The Morgan fingerprint density at radius 1 is 0.944 bits per heavy atom. The van der Waals surface area contributed by atoms with Gasteiger partial charge in [-0.05, 0) is 33.6 Å². The van der Waals surface area contributed by atoms with E-state index in [9.17, 15) is 38.7 Å². The molecule has 2 fully saturated rings. The molecule has 0 aliphatic carbocycles. The molecule has 36 heavy (non-hydrogen) atoms. The number of carbonyl (C=O) groups is 7. The first-order valence-electron chi connectivity index (χ1n) is 11.5. The van der Waals surface area contributed by atoms with Gasteiger partial charge < -0.3 is 41.7 Å². The average Bonchev–Trinajstić information content (AvgIpc) is 3.28. The Kier molecular flexibility index (Phi) is 9.72. The number of fused-ring (bicyclic) bond motifs is 1. The molecule has 15 heteroatoms. The van der Waals surface area contributed by atoms with Gasteiger partial charge in [0, 0.05) is 6.54 Å². The summed E-state index contributed by atoms with van der Waals surface area (Å²) in [6, 6.07) is -6.31. The molecule has 6 atom stereocenters. The summed E-state index contributed by atoms with van der Waals surface area (Å²) in [5.41, 5.74) is 0. The van der Waals surface area contributed by atoms with Crippen molar-refractivity contribution >= 4 is 41.4 Å². The quantitative estimate of drug-likeness (QED) is 0.195. The lowest BCUT2D eigenvalue weighted by Crippen LogP contribution is -2.61. The first kappa shape index (κ1) is 28.5. The van der Waals surface area contributed by atoms with Crippen LogP contribution in [0.25, 0.3) is 0 Å². The Labute approximate surface area is 206 Å². The third-order valence-corrected chi connectivity index (χ3v) is 5.84. The van der Waals surface area contributed by atoms with Gasteiger partial charge in [-0.15, -0.1) is 0 Å². The van der Waals surface area contributed by atoms with Gasteiger partial charge in [-0.3, -0.25) is 33.6 Å². The van der Waals surface area contributed by atoms with Crippen LogP contribution in [0.1, 0.15) is 40.0 Å². The van der Waals surface area contributed by atoms with Crippen molar-refractivity contribution in [2.75, 3.05) is 13.1 Å². The van der Waals surface area contributed by atoms with Crippen LogP contribution in [0.5, 0.6) is 0 Å². The van der Waals surface area contributed by atoms with Gasteiger partial charge in [-0.1, -0.05) is 0 Å². The molecule has 0 radical (unpaired) electrons. The molecule has 2 aliphatic rings. The Hall–Kier alpha value is -3.75. The predicted octanol–water partition coefficient (Wildman–Crippen LogP) is -4.06. The Bertz CT molecular complexity index is 924. The molecule has 2 rings (SSSR count). The van der Waals surface area contributed by atoms with Crippen molar-refractivity contribution in [1.82, 2.24) is 31.5 Å². The third-order valence-electron chi connectivity index (χ3n) is 5.84. The highest BCUT2D eigenvalue weighted by atomic mass is 16.4. The number of rotatable bonds is 3. The van der Waals surface area contributed by atoms with Gasteiger partial charge >= 0.3 is 5.97 Å². The van der Waals surface area contributed by atoms with Crippen molar-refractivity contribution in [3.63, 3.8) is 0 Å². The van der Waals surface area contributed by atoms with Crippen LogP contribution in [-0.2, 0) is 33.6 Å². The molecular formula is C21H32N6O9. The van der Waals surface area contributed by atoms with Gasteiger partial charge in [0.25, 0.3) is 0 Å². The van der Waals surface area contributed by atoms with Crippen molar-refractivity contribution < 1.29 is 43.8 Å². The van der Waals surface area contributed by atoms with Gasteiger partial charge in [-0.25, -0.2) is 0 Å². The highest BCUT2D eigenvalue weighted by molar-refractivity contribution is 5.98.